The number of amides is 1. The Bertz CT molecular complexity index is 671. The Morgan fingerprint density at radius 3 is 2.60 bits per heavy atom. The minimum Gasteiger partial charge on any atom is -0.489 e. The summed E-state index contributed by atoms with van der Waals surface area (Å²) in [6.07, 6.45) is 2.24. The molecule has 0 unspecified atom stereocenters. The molecule has 4 heteroatoms. The topological polar surface area (TPSA) is 41.6 Å². The van der Waals surface area contributed by atoms with Crippen molar-refractivity contribution in [2.75, 3.05) is 25.5 Å². The SMILES string of the molecule is CCCCN(C)CC(=O)Nc1ccc(OCc2ccccc2)cc1C. The van der Waals surface area contributed by atoms with Crippen LogP contribution in [-0.2, 0) is 11.4 Å². The molecule has 134 valence electrons. The van der Waals surface area contributed by atoms with Crippen LogP contribution in [0.3, 0.4) is 0 Å². The summed E-state index contributed by atoms with van der Waals surface area (Å²) in [6.45, 7) is 6.01. The predicted molar refractivity (Wildman–Crippen MR) is 103 cm³/mol. The Balaban J connectivity index is 1.87. The van der Waals surface area contributed by atoms with Gasteiger partial charge in [-0.05, 0) is 56.3 Å². The molecule has 2 aromatic carbocycles. The normalized spacial score (nSPS) is 10.7. The zero-order valence-electron chi connectivity index (χ0n) is 15.4. The van der Waals surface area contributed by atoms with Gasteiger partial charge in [-0.25, -0.2) is 0 Å². The maximum absolute atomic E-state index is 12.1. The smallest absolute Gasteiger partial charge is 0.238 e. The van der Waals surface area contributed by atoms with Crippen molar-refractivity contribution in [1.82, 2.24) is 4.90 Å². The van der Waals surface area contributed by atoms with Gasteiger partial charge in [0.25, 0.3) is 0 Å². The fourth-order valence-corrected chi connectivity index (χ4v) is 2.55. The van der Waals surface area contributed by atoms with Crippen molar-refractivity contribution < 1.29 is 9.53 Å². The van der Waals surface area contributed by atoms with Gasteiger partial charge in [-0.3, -0.25) is 9.69 Å². The zero-order chi connectivity index (χ0) is 18.1. The highest BCUT2D eigenvalue weighted by Gasteiger charge is 2.09. The van der Waals surface area contributed by atoms with Crippen molar-refractivity contribution in [2.45, 2.75) is 33.3 Å². The van der Waals surface area contributed by atoms with Crippen LogP contribution in [0.25, 0.3) is 0 Å². The number of hydrogen-bond donors (Lipinski definition) is 1. The summed E-state index contributed by atoms with van der Waals surface area (Å²) >= 11 is 0. The van der Waals surface area contributed by atoms with E-state index in [1.165, 1.54) is 0 Å². The van der Waals surface area contributed by atoms with E-state index in [2.05, 4.69) is 12.2 Å². The third-order valence-electron chi connectivity index (χ3n) is 4.03. The van der Waals surface area contributed by atoms with Gasteiger partial charge < -0.3 is 10.1 Å². The molecule has 0 saturated heterocycles. The maximum atomic E-state index is 12.1. The van der Waals surface area contributed by atoms with E-state index in [-0.39, 0.29) is 5.91 Å². The molecule has 2 aromatic rings. The van der Waals surface area contributed by atoms with Crippen LogP contribution in [0.4, 0.5) is 5.69 Å². The molecule has 0 aliphatic carbocycles. The second-order valence-electron chi connectivity index (χ2n) is 6.39. The van der Waals surface area contributed by atoms with Crippen LogP contribution in [0.2, 0.25) is 0 Å². The van der Waals surface area contributed by atoms with Crippen LogP contribution in [0, 0.1) is 6.92 Å². The van der Waals surface area contributed by atoms with E-state index < -0.39 is 0 Å². The van der Waals surface area contributed by atoms with E-state index >= 15 is 0 Å². The first-order valence-corrected chi connectivity index (χ1v) is 8.84. The Hall–Kier alpha value is -2.33. The minimum absolute atomic E-state index is 0.0136. The zero-order valence-corrected chi connectivity index (χ0v) is 15.4. The molecule has 0 spiro atoms. The number of anilines is 1. The third kappa shape index (κ3) is 6.59. The highest BCUT2D eigenvalue weighted by molar-refractivity contribution is 5.93. The summed E-state index contributed by atoms with van der Waals surface area (Å²) < 4.78 is 5.82. The first kappa shape index (κ1) is 19.0. The molecule has 0 aliphatic heterocycles. The summed E-state index contributed by atoms with van der Waals surface area (Å²) in [5.41, 5.74) is 2.96. The lowest BCUT2D eigenvalue weighted by Gasteiger charge is -2.16. The number of carbonyl (C=O) groups is 1. The number of ether oxygens (including phenoxy) is 1. The molecule has 0 fully saturated rings. The monoisotopic (exact) mass is 340 g/mol. The van der Waals surface area contributed by atoms with Gasteiger partial charge in [0, 0.05) is 5.69 Å². The Kier molecular flexibility index (Phi) is 7.48. The second-order valence-corrected chi connectivity index (χ2v) is 6.39. The van der Waals surface area contributed by atoms with Crippen LogP contribution in [0.15, 0.2) is 48.5 Å². The Morgan fingerprint density at radius 2 is 1.92 bits per heavy atom. The summed E-state index contributed by atoms with van der Waals surface area (Å²) in [5, 5.41) is 2.98. The lowest BCUT2D eigenvalue weighted by atomic mass is 10.2. The van der Waals surface area contributed by atoms with E-state index in [9.17, 15) is 4.79 Å². The van der Waals surface area contributed by atoms with Crippen LogP contribution in [-0.4, -0.2) is 30.9 Å². The van der Waals surface area contributed by atoms with Gasteiger partial charge in [0.2, 0.25) is 5.91 Å². The molecule has 1 amide bonds. The number of unbranched alkanes of at least 4 members (excludes halogenated alkanes) is 1. The summed E-state index contributed by atoms with van der Waals surface area (Å²) in [5.74, 6) is 0.819. The molecule has 1 N–H and O–H groups in total. The lowest BCUT2D eigenvalue weighted by Crippen LogP contribution is -2.31. The van der Waals surface area contributed by atoms with Crippen molar-refractivity contribution in [2.24, 2.45) is 0 Å². The number of hydrogen-bond acceptors (Lipinski definition) is 3. The lowest BCUT2D eigenvalue weighted by molar-refractivity contribution is -0.117. The highest BCUT2D eigenvalue weighted by Crippen LogP contribution is 2.22. The fraction of sp³-hybridized carbons (Fsp3) is 0.381. The third-order valence-corrected chi connectivity index (χ3v) is 4.03. The number of benzene rings is 2. The molecular formula is C21H28N2O2. The number of nitrogens with zero attached hydrogens (tertiary/aromatic N) is 1. The fourth-order valence-electron chi connectivity index (χ4n) is 2.55. The van der Waals surface area contributed by atoms with E-state index in [1.54, 1.807) is 0 Å². The molecule has 0 atom stereocenters. The van der Waals surface area contributed by atoms with Crippen LogP contribution < -0.4 is 10.1 Å². The molecule has 4 nitrogen and oxygen atoms in total. The first-order valence-electron chi connectivity index (χ1n) is 8.84. The second kappa shape index (κ2) is 9.84. The number of rotatable bonds is 9. The molecule has 2 rings (SSSR count). The van der Waals surface area contributed by atoms with Crippen molar-refractivity contribution in [3.63, 3.8) is 0 Å². The van der Waals surface area contributed by atoms with Crippen molar-refractivity contribution in [3.8, 4) is 5.75 Å². The quantitative estimate of drug-likeness (QED) is 0.742. The van der Waals surface area contributed by atoms with Gasteiger partial charge in [-0.2, -0.15) is 0 Å². The van der Waals surface area contributed by atoms with Gasteiger partial charge in [0.15, 0.2) is 0 Å². The minimum atomic E-state index is 0.0136. The highest BCUT2D eigenvalue weighted by atomic mass is 16.5. The summed E-state index contributed by atoms with van der Waals surface area (Å²) in [4.78, 5) is 14.2. The molecule has 0 bridgehead atoms. The predicted octanol–water partition coefficient (Wildman–Crippen LogP) is 4.24. The van der Waals surface area contributed by atoms with Gasteiger partial charge >= 0.3 is 0 Å². The van der Waals surface area contributed by atoms with Gasteiger partial charge in [0.1, 0.15) is 12.4 Å². The molecule has 0 saturated carbocycles. The molecule has 0 radical (unpaired) electrons. The number of aryl methyl sites for hydroxylation is 1. The summed E-state index contributed by atoms with van der Waals surface area (Å²) in [6, 6.07) is 15.8. The average molecular weight is 340 g/mol. The van der Waals surface area contributed by atoms with Gasteiger partial charge in [-0.1, -0.05) is 43.7 Å². The standard InChI is InChI=1S/C21H28N2O2/c1-4-5-13-23(3)15-21(24)22-20-12-11-19(14-17(20)2)25-16-18-9-7-6-8-10-18/h6-12,14H,4-5,13,15-16H2,1-3H3,(H,22,24). The Labute approximate surface area is 150 Å². The van der Waals surface area contributed by atoms with Crippen molar-refractivity contribution in [3.05, 3.63) is 59.7 Å². The number of nitrogens with one attached hydrogen (secondary N) is 1. The van der Waals surface area contributed by atoms with Gasteiger partial charge in [0.05, 0.1) is 6.54 Å². The van der Waals surface area contributed by atoms with Crippen LogP contribution in [0.5, 0.6) is 5.75 Å². The van der Waals surface area contributed by atoms with E-state index in [4.69, 9.17) is 4.74 Å². The van der Waals surface area contributed by atoms with Gasteiger partial charge in [-0.15, -0.1) is 0 Å². The van der Waals surface area contributed by atoms with E-state index in [1.807, 2.05) is 67.4 Å². The molecule has 0 aliphatic rings. The first-order chi connectivity index (χ1) is 12.1. The Morgan fingerprint density at radius 1 is 1.16 bits per heavy atom. The van der Waals surface area contributed by atoms with Crippen LogP contribution in [0.1, 0.15) is 30.9 Å². The molecule has 25 heavy (non-hydrogen) atoms. The molecule has 0 aromatic heterocycles. The van der Waals surface area contributed by atoms with E-state index in [0.717, 1.165) is 42.0 Å². The summed E-state index contributed by atoms with van der Waals surface area (Å²) in [7, 11) is 1.97. The average Bonchev–Trinajstić information content (AvgIpc) is 2.61. The van der Waals surface area contributed by atoms with Crippen molar-refractivity contribution >= 4 is 11.6 Å². The molecular weight excluding hydrogens is 312 g/mol. The van der Waals surface area contributed by atoms with Crippen LogP contribution >= 0.6 is 0 Å². The molecule has 0 heterocycles. The van der Waals surface area contributed by atoms with E-state index in [0.29, 0.717) is 13.2 Å². The largest absolute Gasteiger partial charge is 0.489 e. The van der Waals surface area contributed by atoms with Crippen molar-refractivity contribution in [1.29, 1.82) is 0 Å². The number of carbonyl (C=O) groups excluding carboxylic acids is 1. The number of likely N-dealkylation sites (N-methyl/N-ethyl adjacent to an activating group) is 1. The maximum Gasteiger partial charge on any atom is 0.238 e.